The first kappa shape index (κ1) is 27.5. The van der Waals surface area contributed by atoms with E-state index in [1.807, 2.05) is 12.1 Å². The largest absolute Gasteiger partial charge is 0.508 e. The van der Waals surface area contributed by atoms with Gasteiger partial charge in [0.05, 0.1) is 0 Å². The summed E-state index contributed by atoms with van der Waals surface area (Å²) in [5.74, 6) is 0.761. The molecule has 1 atom stereocenters. The molecule has 1 amide bonds. The minimum Gasteiger partial charge on any atom is -0.508 e. The Kier molecular flexibility index (Phi) is 14.3. The van der Waals surface area contributed by atoms with Crippen molar-refractivity contribution in [3.8, 4) is 5.75 Å². The van der Waals surface area contributed by atoms with Gasteiger partial charge in [0.15, 0.2) is 0 Å². The van der Waals surface area contributed by atoms with Gasteiger partial charge >= 0.3 is 0 Å². The molecule has 34 heavy (non-hydrogen) atoms. The summed E-state index contributed by atoms with van der Waals surface area (Å²) in [6.07, 6.45) is 29.1. The lowest BCUT2D eigenvalue weighted by Gasteiger charge is -2.11. The van der Waals surface area contributed by atoms with E-state index >= 15 is 0 Å². The Morgan fingerprint density at radius 2 is 1.62 bits per heavy atom. The van der Waals surface area contributed by atoms with E-state index in [0.29, 0.717) is 24.6 Å². The van der Waals surface area contributed by atoms with E-state index < -0.39 is 0 Å². The maximum Gasteiger partial charge on any atom is 0.220 e. The van der Waals surface area contributed by atoms with Crippen molar-refractivity contribution in [1.29, 1.82) is 0 Å². The van der Waals surface area contributed by atoms with Gasteiger partial charge in [-0.1, -0.05) is 68.4 Å². The molecule has 0 bridgehead atoms. The van der Waals surface area contributed by atoms with Crippen LogP contribution in [0.25, 0.3) is 0 Å². The third-order valence-electron chi connectivity index (χ3n) is 6.06. The van der Waals surface area contributed by atoms with E-state index in [-0.39, 0.29) is 5.91 Å². The normalized spacial score (nSPS) is 15.6. The SMILES string of the molecule is CCCCC/C=C\C/C=C\C/C=C\C/C=C\CCCC(=O)NCCC1CNc2ccc(O)cc21. The molecule has 0 saturated carbocycles. The van der Waals surface area contributed by atoms with E-state index in [1.165, 1.54) is 25.7 Å². The number of benzene rings is 1. The summed E-state index contributed by atoms with van der Waals surface area (Å²) in [6, 6.07) is 5.45. The fourth-order valence-corrected chi connectivity index (χ4v) is 4.07. The van der Waals surface area contributed by atoms with Gasteiger partial charge < -0.3 is 15.7 Å². The van der Waals surface area contributed by atoms with Crippen molar-refractivity contribution in [1.82, 2.24) is 5.32 Å². The fourth-order valence-electron chi connectivity index (χ4n) is 4.07. The van der Waals surface area contributed by atoms with Crippen LogP contribution in [0.15, 0.2) is 66.8 Å². The molecule has 4 heteroatoms. The predicted octanol–water partition coefficient (Wildman–Crippen LogP) is 7.55. The fraction of sp³-hybridized carbons (Fsp3) is 0.500. The second-order valence-corrected chi connectivity index (χ2v) is 8.97. The molecule has 0 saturated heterocycles. The minimum absolute atomic E-state index is 0.123. The molecular formula is C30H44N2O2. The summed E-state index contributed by atoms with van der Waals surface area (Å²) in [6.45, 7) is 3.77. The number of phenols is 1. The lowest BCUT2D eigenvalue weighted by molar-refractivity contribution is -0.121. The highest BCUT2D eigenvalue weighted by Gasteiger charge is 2.22. The average molecular weight is 465 g/mol. The van der Waals surface area contributed by atoms with Gasteiger partial charge in [0.25, 0.3) is 0 Å². The topological polar surface area (TPSA) is 61.4 Å². The number of unbranched alkanes of at least 4 members (excludes halogenated alkanes) is 4. The summed E-state index contributed by atoms with van der Waals surface area (Å²) < 4.78 is 0. The molecule has 0 fully saturated rings. The highest BCUT2D eigenvalue weighted by atomic mass is 16.3. The Hall–Kier alpha value is -2.75. The number of carbonyl (C=O) groups is 1. The maximum atomic E-state index is 12.1. The summed E-state index contributed by atoms with van der Waals surface area (Å²) in [5.41, 5.74) is 2.24. The number of anilines is 1. The number of rotatable bonds is 17. The van der Waals surface area contributed by atoms with Gasteiger partial charge in [-0.05, 0) is 75.1 Å². The summed E-state index contributed by atoms with van der Waals surface area (Å²) in [7, 11) is 0. The molecular weight excluding hydrogens is 420 g/mol. The molecule has 0 spiro atoms. The lowest BCUT2D eigenvalue weighted by atomic mass is 9.97. The smallest absolute Gasteiger partial charge is 0.220 e. The van der Waals surface area contributed by atoms with Crippen molar-refractivity contribution in [3.63, 3.8) is 0 Å². The van der Waals surface area contributed by atoms with Gasteiger partial charge in [-0.15, -0.1) is 0 Å². The molecule has 4 nitrogen and oxygen atoms in total. The van der Waals surface area contributed by atoms with E-state index in [9.17, 15) is 9.90 Å². The van der Waals surface area contributed by atoms with Crippen LogP contribution in [0.2, 0.25) is 0 Å². The van der Waals surface area contributed by atoms with E-state index in [2.05, 4.69) is 66.2 Å². The van der Waals surface area contributed by atoms with Gasteiger partial charge in [0, 0.05) is 31.1 Å². The first-order chi connectivity index (χ1) is 16.7. The van der Waals surface area contributed by atoms with Crippen LogP contribution >= 0.6 is 0 Å². The predicted molar refractivity (Wildman–Crippen MR) is 145 cm³/mol. The molecule has 1 unspecified atom stereocenters. The monoisotopic (exact) mass is 464 g/mol. The number of carbonyl (C=O) groups excluding carboxylic acids is 1. The summed E-state index contributed by atoms with van der Waals surface area (Å²) in [5, 5.41) is 16.1. The zero-order valence-electron chi connectivity index (χ0n) is 21.0. The summed E-state index contributed by atoms with van der Waals surface area (Å²) in [4.78, 5) is 12.1. The Balaban J connectivity index is 1.43. The number of allylic oxidation sites excluding steroid dienone is 8. The highest BCUT2D eigenvalue weighted by Crippen LogP contribution is 2.35. The number of amides is 1. The Bertz CT molecular complexity index is 823. The molecule has 3 N–H and O–H groups in total. The Morgan fingerprint density at radius 3 is 2.29 bits per heavy atom. The van der Waals surface area contributed by atoms with Gasteiger partial charge in [-0.3, -0.25) is 4.79 Å². The zero-order chi connectivity index (χ0) is 24.3. The molecule has 0 radical (unpaired) electrons. The molecule has 1 aromatic carbocycles. The molecule has 2 rings (SSSR count). The van der Waals surface area contributed by atoms with Gasteiger partial charge in [-0.25, -0.2) is 0 Å². The number of hydrogen-bond acceptors (Lipinski definition) is 3. The van der Waals surface area contributed by atoms with Crippen molar-refractivity contribution >= 4 is 11.6 Å². The van der Waals surface area contributed by atoms with Gasteiger partial charge in [-0.2, -0.15) is 0 Å². The van der Waals surface area contributed by atoms with Crippen LogP contribution in [-0.2, 0) is 4.79 Å². The van der Waals surface area contributed by atoms with E-state index in [1.54, 1.807) is 6.07 Å². The van der Waals surface area contributed by atoms with Crippen molar-refractivity contribution in [2.75, 3.05) is 18.4 Å². The highest BCUT2D eigenvalue weighted by molar-refractivity contribution is 5.75. The number of hydrogen-bond donors (Lipinski definition) is 3. The Labute approximate surface area is 206 Å². The van der Waals surface area contributed by atoms with Crippen LogP contribution in [-0.4, -0.2) is 24.1 Å². The van der Waals surface area contributed by atoms with Gasteiger partial charge in [0.1, 0.15) is 5.75 Å². The second kappa shape index (κ2) is 17.7. The van der Waals surface area contributed by atoms with Crippen molar-refractivity contribution in [2.45, 2.75) is 83.5 Å². The average Bonchev–Trinajstić information content (AvgIpc) is 3.23. The summed E-state index contributed by atoms with van der Waals surface area (Å²) >= 11 is 0. The number of aromatic hydroxyl groups is 1. The van der Waals surface area contributed by atoms with Crippen molar-refractivity contribution in [3.05, 3.63) is 72.4 Å². The van der Waals surface area contributed by atoms with E-state index in [0.717, 1.165) is 56.3 Å². The molecule has 1 heterocycles. The van der Waals surface area contributed by atoms with E-state index in [4.69, 9.17) is 0 Å². The molecule has 186 valence electrons. The number of fused-ring (bicyclic) bond motifs is 1. The quantitative estimate of drug-likeness (QED) is 0.127. The Morgan fingerprint density at radius 1 is 0.971 bits per heavy atom. The molecule has 0 aliphatic carbocycles. The van der Waals surface area contributed by atoms with Crippen LogP contribution < -0.4 is 10.6 Å². The molecule has 1 aliphatic rings. The van der Waals surface area contributed by atoms with Crippen LogP contribution in [0.5, 0.6) is 5.75 Å². The third-order valence-corrected chi connectivity index (χ3v) is 6.06. The second-order valence-electron chi connectivity index (χ2n) is 8.97. The van der Waals surface area contributed by atoms with Crippen LogP contribution in [0.1, 0.15) is 89.0 Å². The van der Waals surface area contributed by atoms with Crippen molar-refractivity contribution < 1.29 is 9.90 Å². The first-order valence-electron chi connectivity index (χ1n) is 13.1. The van der Waals surface area contributed by atoms with Crippen LogP contribution in [0.4, 0.5) is 5.69 Å². The molecule has 1 aromatic rings. The maximum absolute atomic E-state index is 12.1. The first-order valence-corrected chi connectivity index (χ1v) is 13.1. The number of phenolic OH excluding ortho intramolecular Hbond substituents is 1. The van der Waals surface area contributed by atoms with Crippen LogP contribution in [0.3, 0.4) is 0 Å². The van der Waals surface area contributed by atoms with Crippen molar-refractivity contribution in [2.24, 2.45) is 0 Å². The molecule has 1 aliphatic heterocycles. The number of nitrogens with one attached hydrogen (secondary N) is 2. The molecule has 0 aromatic heterocycles. The van der Waals surface area contributed by atoms with Crippen LogP contribution in [0, 0.1) is 0 Å². The van der Waals surface area contributed by atoms with Gasteiger partial charge in [0.2, 0.25) is 5.91 Å². The third kappa shape index (κ3) is 11.9. The minimum atomic E-state index is 0.123. The lowest BCUT2D eigenvalue weighted by Crippen LogP contribution is -2.25. The standard InChI is InChI=1S/C30H44N2O2/c1-2-3-4-5-6-7-8-9-10-11-12-13-14-15-16-17-18-19-30(34)31-23-22-26-25-32-29-21-20-27(33)24-28(26)29/h6-7,9-10,12-13,15-16,20-21,24,26,32-33H,2-5,8,11,14,17-19,22-23,25H2,1H3,(H,31,34)/b7-6-,10-9-,13-12-,16-15-. The zero-order valence-corrected chi connectivity index (χ0v) is 21.0.